The van der Waals surface area contributed by atoms with Crippen molar-refractivity contribution in [3.8, 4) is 0 Å². The molecule has 1 aliphatic rings. The molecule has 1 atom stereocenters. The summed E-state index contributed by atoms with van der Waals surface area (Å²) in [7, 11) is -4.17. The van der Waals surface area contributed by atoms with Crippen LogP contribution in [0.3, 0.4) is 0 Å². The standard InChI is InChI=1S/C17H16F3N3O5S/c18-17(19,20)12-3-1-11(2-4-12)16-10-22(5-6-28-16)13-7-14(23(24)25)9-15(8-13)29(21,26)27/h1-4,7-9,16H,5-6,10H2,(H2,21,26,27). The lowest BCUT2D eigenvalue weighted by Crippen LogP contribution is -2.38. The number of anilines is 1. The number of non-ortho nitro benzene ring substituents is 1. The van der Waals surface area contributed by atoms with Gasteiger partial charge in [-0.3, -0.25) is 10.1 Å². The molecule has 1 unspecified atom stereocenters. The lowest BCUT2D eigenvalue weighted by Gasteiger charge is -2.35. The van der Waals surface area contributed by atoms with E-state index >= 15 is 0 Å². The molecule has 12 heteroatoms. The highest BCUT2D eigenvalue weighted by molar-refractivity contribution is 7.89. The minimum atomic E-state index is -4.45. The van der Waals surface area contributed by atoms with Gasteiger partial charge in [0.2, 0.25) is 10.0 Å². The lowest BCUT2D eigenvalue weighted by molar-refractivity contribution is -0.385. The number of nitro groups is 1. The van der Waals surface area contributed by atoms with Gasteiger partial charge in [0.1, 0.15) is 6.10 Å². The number of nitrogens with two attached hydrogens (primary N) is 1. The van der Waals surface area contributed by atoms with Gasteiger partial charge in [0.05, 0.1) is 22.0 Å². The number of sulfonamides is 1. The number of benzene rings is 2. The largest absolute Gasteiger partial charge is 0.416 e. The Morgan fingerprint density at radius 2 is 1.83 bits per heavy atom. The second-order valence-electron chi connectivity index (χ2n) is 6.41. The number of morpholine rings is 1. The van der Waals surface area contributed by atoms with Crippen molar-refractivity contribution < 1.29 is 31.2 Å². The van der Waals surface area contributed by atoms with Gasteiger partial charge in [-0.15, -0.1) is 0 Å². The highest BCUT2D eigenvalue weighted by Gasteiger charge is 2.31. The van der Waals surface area contributed by atoms with Crippen molar-refractivity contribution in [3.63, 3.8) is 0 Å². The number of hydrogen-bond donors (Lipinski definition) is 1. The summed E-state index contributed by atoms with van der Waals surface area (Å²) < 4.78 is 67.1. The first-order valence-electron chi connectivity index (χ1n) is 8.31. The van der Waals surface area contributed by atoms with Crippen LogP contribution in [0.5, 0.6) is 0 Å². The minimum absolute atomic E-state index is 0.163. The Labute approximate surface area is 163 Å². The maximum atomic E-state index is 12.7. The van der Waals surface area contributed by atoms with Crippen molar-refractivity contribution in [1.29, 1.82) is 0 Å². The third-order valence-corrected chi connectivity index (χ3v) is 5.35. The first-order chi connectivity index (χ1) is 13.4. The molecule has 1 fully saturated rings. The van der Waals surface area contributed by atoms with E-state index in [4.69, 9.17) is 9.88 Å². The first-order valence-corrected chi connectivity index (χ1v) is 9.86. The fourth-order valence-electron chi connectivity index (χ4n) is 2.99. The molecule has 0 amide bonds. The highest BCUT2D eigenvalue weighted by Crippen LogP contribution is 2.33. The topological polar surface area (TPSA) is 116 Å². The monoisotopic (exact) mass is 431 g/mol. The molecule has 0 radical (unpaired) electrons. The van der Waals surface area contributed by atoms with Crippen LogP contribution in [0.2, 0.25) is 0 Å². The van der Waals surface area contributed by atoms with Crippen molar-refractivity contribution in [2.45, 2.75) is 17.2 Å². The second-order valence-corrected chi connectivity index (χ2v) is 7.97. The molecular weight excluding hydrogens is 415 g/mol. The van der Waals surface area contributed by atoms with Crippen LogP contribution in [0.4, 0.5) is 24.5 Å². The van der Waals surface area contributed by atoms with Gasteiger partial charge < -0.3 is 9.64 Å². The van der Waals surface area contributed by atoms with E-state index < -0.39 is 43.4 Å². The predicted octanol–water partition coefficient (Wildman–Crippen LogP) is 2.84. The molecule has 0 aliphatic carbocycles. The summed E-state index contributed by atoms with van der Waals surface area (Å²) in [5.41, 5.74) is -0.474. The molecule has 2 aromatic carbocycles. The molecule has 0 saturated carbocycles. The number of hydrogen-bond acceptors (Lipinski definition) is 6. The Morgan fingerprint density at radius 1 is 1.17 bits per heavy atom. The van der Waals surface area contributed by atoms with Crippen molar-refractivity contribution in [3.05, 3.63) is 63.7 Å². The molecule has 1 heterocycles. The normalized spacial score (nSPS) is 17.9. The Bertz CT molecular complexity index is 1030. The zero-order chi connectivity index (χ0) is 21.4. The molecule has 3 rings (SSSR count). The molecule has 29 heavy (non-hydrogen) atoms. The van der Waals surface area contributed by atoms with Crippen LogP contribution in [-0.4, -0.2) is 33.0 Å². The van der Waals surface area contributed by atoms with Gasteiger partial charge in [-0.25, -0.2) is 13.6 Å². The third-order valence-electron chi connectivity index (χ3n) is 4.46. The zero-order valence-electron chi connectivity index (χ0n) is 14.8. The van der Waals surface area contributed by atoms with Crippen molar-refractivity contribution in [2.75, 3.05) is 24.6 Å². The Morgan fingerprint density at radius 3 is 2.38 bits per heavy atom. The summed E-state index contributed by atoms with van der Waals surface area (Å²) in [4.78, 5) is 11.7. The van der Waals surface area contributed by atoms with Crippen LogP contribution in [0.25, 0.3) is 0 Å². The first kappa shape index (κ1) is 21.0. The van der Waals surface area contributed by atoms with Gasteiger partial charge >= 0.3 is 6.18 Å². The molecule has 0 spiro atoms. The lowest BCUT2D eigenvalue weighted by atomic mass is 10.0. The molecule has 156 valence electrons. The van der Waals surface area contributed by atoms with E-state index in [0.29, 0.717) is 12.1 Å². The Kier molecular flexibility index (Phi) is 5.52. The van der Waals surface area contributed by atoms with Crippen LogP contribution < -0.4 is 10.0 Å². The maximum Gasteiger partial charge on any atom is 0.416 e. The average Bonchev–Trinajstić information content (AvgIpc) is 2.66. The summed E-state index contributed by atoms with van der Waals surface area (Å²) >= 11 is 0. The van der Waals surface area contributed by atoms with E-state index in [1.165, 1.54) is 24.3 Å². The van der Waals surface area contributed by atoms with Crippen LogP contribution in [0, 0.1) is 10.1 Å². The van der Waals surface area contributed by atoms with Crippen molar-refractivity contribution in [1.82, 2.24) is 0 Å². The average molecular weight is 431 g/mol. The number of ether oxygens (including phenoxy) is 1. The molecule has 2 N–H and O–H groups in total. The number of rotatable bonds is 4. The SMILES string of the molecule is NS(=O)(=O)c1cc(N2CCOC(c3ccc(C(F)(F)F)cc3)C2)cc([N+](=O)[O-])c1. The van der Waals surface area contributed by atoms with Crippen LogP contribution in [0.1, 0.15) is 17.2 Å². The van der Waals surface area contributed by atoms with Crippen molar-refractivity contribution >= 4 is 21.4 Å². The summed E-state index contributed by atoms with van der Waals surface area (Å²) in [5, 5.41) is 16.3. The second kappa shape index (κ2) is 7.61. The van der Waals surface area contributed by atoms with Crippen LogP contribution in [0.15, 0.2) is 47.4 Å². The molecule has 0 aromatic heterocycles. The van der Waals surface area contributed by atoms with Gasteiger partial charge in [0, 0.05) is 30.9 Å². The zero-order valence-corrected chi connectivity index (χ0v) is 15.6. The van der Waals surface area contributed by atoms with E-state index in [1.807, 2.05) is 0 Å². The van der Waals surface area contributed by atoms with E-state index in [1.54, 1.807) is 4.90 Å². The van der Waals surface area contributed by atoms with Gasteiger partial charge in [0.25, 0.3) is 5.69 Å². The number of primary sulfonamides is 1. The Balaban J connectivity index is 1.89. The minimum Gasteiger partial charge on any atom is -0.370 e. The van der Waals surface area contributed by atoms with Gasteiger partial charge in [-0.1, -0.05) is 12.1 Å². The van der Waals surface area contributed by atoms with Gasteiger partial charge in [-0.2, -0.15) is 13.2 Å². The molecule has 1 aliphatic heterocycles. The summed E-state index contributed by atoms with van der Waals surface area (Å²) in [5.74, 6) is 0. The van der Waals surface area contributed by atoms with Crippen LogP contribution in [-0.2, 0) is 20.9 Å². The van der Waals surface area contributed by atoms with E-state index in [2.05, 4.69) is 0 Å². The Hall–Kier alpha value is -2.70. The number of alkyl halides is 3. The van der Waals surface area contributed by atoms with E-state index in [9.17, 15) is 31.7 Å². The summed E-state index contributed by atoms with van der Waals surface area (Å²) in [6.45, 7) is 0.665. The quantitative estimate of drug-likeness (QED) is 0.588. The summed E-state index contributed by atoms with van der Waals surface area (Å²) in [6, 6.07) is 7.81. The van der Waals surface area contributed by atoms with Gasteiger partial charge in [0.15, 0.2) is 0 Å². The molecule has 1 saturated heterocycles. The summed E-state index contributed by atoms with van der Waals surface area (Å²) in [6.07, 6.45) is -5.05. The van der Waals surface area contributed by atoms with Crippen LogP contribution >= 0.6 is 0 Å². The third kappa shape index (κ3) is 4.83. The molecule has 8 nitrogen and oxygen atoms in total. The highest BCUT2D eigenvalue weighted by atomic mass is 32.2. The number of nitro benzene ring substituents is 1. The fraction of sp³-hybridized carbons (Fsp3) is 0.294. The molecule has 2 aromatic rings. The van der Waals surface area contributed by atoms with Crippen molar-refractivity contribution in [2.24, 2.45) is 5.14 Å². The van der Waals surface area contributed by atoms with E-state index in [-0.39, 0.29) is 18.8 Å². The van der Waals surface area contributed by atoms with E-state index in [0.717, 1.165) is 18.2 Å². The smallest absolute Gasteiger partial charge is 0.370 e. The maximum absolute atomic E-state index is 12.7. The number of halogens is 3. The number of nitrogens with zero attached hydrogens (tertiary/aromatic N) is 2. The molecular formula is C17H16F3N3O5S. The fourth-order valence-corrected chi connectivity index (χ4v) is 3.56. The van der Waals surface area contributed by atoms with Gasteiger partial charge in [-0.05, 0) is 23.8 Å². The predicted molar refractivity (Wildman–Crippen MR) is 96.8 cm³/mol. The molecule has 0 bridgehead atoms.